The molecule has 0 radical (unpaired) electrons. The van der Waals surface area contributed by atoms with Gasteiger partial charge in [-0.3, -0.25) is 4.68 Å². The van der Waals surface area contributed by atoms with Gasteiger partial charge in [-0.15, -0.1) is 0 Å². The number of halogens is 3. The van der Waals surface area contributed by atoms with Gasteiger partial charge in [0.05, 0.1) is 5.69 Å². The van der Waals surface area contributed by atoms with E-state index in [1.807, 2.05) is 11.7 Å². The van der Waals surface area contributed by atoms with Crippen LogP contribution in [0.2, 0.25) is 0 Å². The van der Waals surface area contributed by atoms with E-state index in [1.54, 1.807) is 0 Å². The van der Waals surface area contributed by atoms with Crippen LogP contribution in [0.3, 0.4) is 0 Å². The first-order valence-corrected chi connectivity index (χ1v) is 9.98. The Labute approximate surface area is 151 Å². The molecule has 2 nitrogen and oxygen atoms in total. The largest absolute Gasteiger partial charge is 0.272 e. The van der Waals surface area contributed by atoms with E-state index in [1.165, 1.54) is 11.3 Å². The lowest BCUT2D eigenvalue weighted by Crippen LogP contribution is -2.34. The van der Waals surface area contributed by atoms with Gasteiger partial charge < -0.3 is 0 Å². The molecule has 0 unspecified atom stereocenters. The first-order valence-electron chi connectivity index (χ1n) is 6.95. The van der Waals surface area contributed by atoms with Crippen molar-refractivity contribution in [3.05, 3.63) is 51.8 Å². The van der Waals surface area contributed by atoms with Crippen molar-refractivity contribution in [3.8, 4) is 0 Å². The van der Waals surface area contributed by atoms with Crippen molar-refractivity contribution in [3.63, 3.8) is 0 Å². The molecule has 114 valence electrons. The summed E-state index contributed by atoms with van der Waals surface area (Å²) in [7, 11) is 2.03. The van der Waals surface area contributed by atoms with E-state index >= 15 is 0 Å². The third kappa shape index (κ3) is 3.62. The van der Waals surface area contributed by atoms with Gasteiger partial charge >= 0.3 is 0 Å². The molecular weight excluding hydrogens is 460 g/mol. The first-order chi connectivity index (χ1) is 10.1. The Morgan fingerprint density at radius 3 is 2.38 bits per heavy atom. The smallest absolute Gasteiger partial charge is 0.0624 e. The second-order valence-electron chi connectivity index (χ2n) is 5.31. The zero-order chi connectivity index (χ0) is 15.5. The van der Waals surface area contributed by atoms with Crippen molar-refractivity contribution < 1.29 is 0 Å². The number of alkyl halides is 2. The lowest BCUT2D eigenvalue weighted by Gasteiger charge is -2.31. The molecule has 0 N–H and O–H groups in total. The van der Waals surface area contributed by atoms with E-state index in [2.05, 4.69) is 90.1 Å². The summed E-state index contributed by atoms with van der Waals surface area (Å²) in [4.78, 5) is 0. The third-order valence-corrected chi connectivity index (χ3v) is 6.70. The topological polar surface area (TPSA) is 17.8 Å². The minimum atomic E-state index is -0.00109. The van der Waals surface area contributed by atoms with Crippen molar-refractivity contribution in [2.75, 3.05) is 10.7 Å². The Balaban J connectivity index is 2.43. The molecule has 0 aliphatic heterocycles. The number of aromatic nitrogens is 2. The maximum Gasteiger partial charge on any atom is 0.0624 e. The van der Waals surface area contributed by atoms with Crippen LogP contribution in [-0.4, -0.2) is 20.4 Å². The molecule has 2 aromatic rings. The minimum absolute atomic E-state index is 0.00109. The summed E-state index contributed by atoms with van der Waals surface area (Å²) in [6.45, 7) is 2.14. The average molecular weight is 479 g/mol. The van der Waals surface area contributed by atoms with Gasteiger partial charge in [0.25, 0.3) is 0 Å². The summed E-state index contributed by atoms with van der Waals surface area (Å²) >= 11 is 11.2. The summed E-state index contributed by atoms with van der Waals surface area (Å²) in [5, 5.41) is 6.35. The molecule has 1 aromatic heterocycles. The van der Waals surface area contributed by atoms with E-state index < -0.39 is 0 Å². The second kappa shape index (κ2) is 7.42. The van der Waals surface area contributed by atoms with Crippen molar-refractivity contribution in [1.29, 1.82) is 0 Å². The number of hydrogen-bond donors (Lipinski definition) is 0. The molecule has 0 aliphatic rings. The Morgan fingerprint density at radius 2 is 1.86 bits per heavy atom. The van der Waals surface area contributed by atoms with Crippen molar-refractivity contribution in [2.24, 2.45) is 7.05 Å². The molecule has 0 amide bonds. The maximum atomic E-state index is 4.57. The van der Waals surface area contributed by atoms with Crippen molar-refractivity contribution in [2.45, 2.75) is 25.2 Å². The van der Waals surface area contributed by atoms with Crippen LogP contribution >= 0.6 is 47.8 Å². The predicted molar refractivity (Wildman–Crippen MR) is 99.7 cm³/mol. The van der Waals surface area contributed by atoms with E-state index in [9.17, 15) is 0 Å². The molecule has 1 aromatic carbocycles. The van der Waals surface area contributed by atoms with Gasteiger partial charge in [0.2, 0.25) is 0 Å². The number of hydrogen-bond acceptors (Lipinski definition) is 1. The molecule has 5 heteroatoms. The highest BCUT2D eigenvalue weighted by atomic mass is 79.9. The molecule has 0 fully saturated rings. The van der Waals surface area contributed by atoms with Crippen LogP contribution in [0.15, 0.2) is 34.8 Å². The van der Waals surface area contributed by atoms with Gasteiger partial charge in [0, 0.05) is 39.7 Å². The number of benzene rings is 1. The Kier molecular flexibility index (Phi) is 6.09. The SMILES string of the molecule is CCc1cc(CC(CBr)(CBr)c2ccccc2Br)n(C)n1. The Hall–Kier alpha value is -0.130. The van der Waals surface area contributed by atoms with Crippen LogP contribution in [0.5, 0.6) is 0 Å². The summed E-state index contributed by atoms with van der Waals surface area (Å²) in [6.07, 6.45) is 1.91. The number of aryl methyl sites for hydroxylation is 2. The summed E-state index contributed by atoms with van der Waals surface area (Å²) in [6, 6.07) is 10.7. The van der Waals surface area contributed by atoms with Gasteiger partial charge in [-0.2, -0.15) is 5.10 Å². The van der Waals surface area contributed by atoms with Crippen LogP contribution in [0.1, 0.15) is 23.9 Å². The van der Waals surface area contributed by atoms with E-state index in [0.29, 0.717) is 0 Å². The monoisotopic (exact) mass is 476 g/mol. The fourth-order valence-corrected chi connectivity index (χ4v) is 5.15. The summed E-state index contributed by atoms with van der Waals surface area (Å²) in [5.41, 5.74) is 3.73. The van der Waals surface area contributed by atoms with Crippen LogP contribution in [0.25, 0.3) is 0 Å². The van der Waals surface area contributed by atoms with E-state index in [0.717, 1.165) is 33.7 Å². The van der Waals surface area contributed by atoms with Crippen LogP contribution in [-0.2, 0) is 25.3 Å². The molecule has 0 spiro atoms. The zero-order valence-corrected chi connectivity index (χ0v) is 17.0. The average Bonchev–Trinajstić information content (AvgIpc) is 2.86. The molecule has 0 saturated heterocycles. The van der Waals surface area contributed by atoms with Gasteiger partial charge in [-0.25, -0.2) is 0 Å². The van der Waals surface area contributed by atoms with E-state index in [-0.39, 0.29) is 5.41 Å². The predicted octanol–water partition coefficient (Wildman–Crippen LogP) is 5.02. The lowest BCUT2D eigenvalue weighted by molar-refractivity contribution is 0.521. The zero-order valence-electron chi connectivity index (χ0n) is 12.2. The summed E-state index contributed by atoms with van der Waals surface area (Å²) in [5.74, 6) is 0. The van der Waals surface area contributed by atoms with Gasteiger partial charge in [0.15, 0.2) is 0 Å². The Morgan fingerprint density at radius 1 is 1.19 bits per heavy atom. The lowest BCUT2D eigenvalue weighted by atomic mass is 9.80. The van der Waals surface area contributed by atoms with Crippen LogP contribution < -0.4 is 0 Å². The molecule has 0 atom stereocenters. The molecule has 21 heavy (non-hydrogen) atoms. The summed E-state index contributed by atoms with van der Waals surface area (Å²) < 4.78 is 3.16. The highest BCUT2D eigenvalue weighted by Crippen LogP contribution is 2.37. The molecule has 2 rings (SSSR count). The van der Waals surface area contributed by atoms with Crippen molar-refractivity contribution in [1.82, 2.24) is 9.78 Å². The highest BCUT2D eigenvalue weighted by molar-refractivity contribution is 9.10. The number of nitrogens with zero attached hydrogens (tertiary/aromatic N) is 2. The van der Waals surface area contributed by atoms with E-state index in [4.69, 9.17) is 0 Å². The molecule has 0 saturated carbocycles. The molecule has 0 aliphatic carbocycles. The number of rotatable bonds is 6. The van der Waals surface area contributed by atoms with Crippen molar-refractivity contribution >= 4 is 47.8 Å². The maximum absolute atomic E-state index is 4.57. The normalized spacial score (nSPS) is 11.9. The third-order valence-electron chi connectivity index (χ3n) is 3.87. The van der Waals surface area contributed by atoms with Gasteiger partial charge in [0.1, 0.15) is 0 Å². The molecular formula is C16H19Br3N2. The molecule has 1 heterocycles. The minimum Gasteiger partial charge on any atom is -0.272 e. The van der Waals surface area contributed by atoms with Crippen LogP contribution in [0, 0.1) is 0 Å². The second-order valence-corrected chi connectivity index (χ2v) is 7.28. The standard InChI is InChI=1S/C16H19Br3N2/c1-3-12-8-13(21(2)20-12)9-16(10-17,11-18)14-6-4-5-7-15(14)19/h4-8H,3,9-11H2,1-2H3. The quantitative estimate of drug-likeness (QED) is 0.533. The van der Waals surface area contributed by atoms with Crippen LogP contribution in [0.4, 0.5) is 0 Å². The Bertz CT molecular complexity index is 603. The highest BCUT2D eigenvalue weighted by Gasteiger charge is 2.33. The fraction of sp³-hybridized carbons (Fsp3) is 0.438. The fourth-order valence-electron chi connectivity index (χ4n) is 2.52. The first kappa shape index (κ1) is 17.2. The molecule has 0 bridgehead atoms. The van der Waals surface area contributed by atoms with Gasteiger partial charge in [-0.05, 0) is 24.1 Å². The van der Waals surface area contributed by atoms with Gasteiger partial charge in [-0.1, -0.05) is 72.9 Å².